The molecule has 1 saturated heterocycles. The van der Waals surface area contributed by atoms with Gasteiger partial charge in [-0.3, -0.25) is 9.59 Å². The summed E-state index contributed by atoms with van der Waals surface area (Å²) in [6.45, 7) is 2.38. The van der Waals surface area contributed by atoms with Crippen LogP contribution in [-0.4, -0.2) is 44.2 Å². The molecule has 1 fully saturated rings. The van der Waals surface area contributed by atoms with Crippen molar-refractivity contribution < 1.29 is 18.0 Å². The number of anilines is 1. The molecule has 1 aliphatic rings. The molecule has 30 heavy (non-hydrogen) atoms. The van der Waals surface area contributed by atoms with Crippen molar-refractivity contribution in [2.45, 2.75) is 37.1 Å². The van der Waals surface area contributed by atoms with Crippen LogP contribution in [0.5, 0.6) is 0 Å². The molecular formula is C21H24ClN3O4S. The molecule has 160 valence electrons. The third-order valence-corrected chi connectivity index (χ3v) is 7.48. The van der Waals surface area contributed by atoms with Crippen LogP contribution in [0.15, 0.2) is 47.4 Å². The van der Waals surface area contributed by atoms with Crippen molar-refractivity contribution in [2.75, 3.05) is 18.9 Å². The van der Waals surface area contributed by atoms with Crippen molar-refractivity contribution in [3.63, 3.8) is 0 Å². The first kappa shape index (κ1) is 22.3. The first-order chi connectivity index (χ1) is 14.2. The molecule has 0 aromatic heterocycles. The molecule has 1 atom stereocenters. The number of rotatable bonds is 5. The van der Waals surface area contributed by atoms with E-state index in [0.717, 1.165) is 19.3 Å². The molecule has 2 aromatic carbocycles. The topological polar surface area (TPSA) is 95.6 Å². The number of benzene rings is 2. The fraction of sp³-hybridized carbons (Fsp3) is 0.333. The SMILES string of the molecule is CNC(=O)c1cc(NC(=O)c2cccc(S(=O)(=O)N3CCCCC3C)c2)ccc1Cl. The molecule has 0 spiro atoms. The van der Waals surface area contributed by atoms with Gasteiger partial charge in [0.1, 0.15) is 0 Å². The normalized spacial score (nSPS) is 17.4. The van der Waals surface area contributed by atoms with Gasteiger partial charge in [0.15, 0.2) is 0 Å². The van der Waals surface area contributed by atoms with Crippen LogP contribution in [0.1, 0.15) is 46.9 Å². The molecule has 0 aliphatic carbocycles. The van der Waals surface area contributed by atoms with Crippen LogP contribution in [0.4, 0.5) is 5.69 Å². The summed E-state index contributed by atoms with van der Waals surface area (Å²) in [5.41, 5.74) is 0.811. The summed E-state index contributed by atoms with van der Waals surface area (Å²) in [6.07, 6.45) is 2.66. The lowest BCUT2D eigenvalue weighted by Crippen LogP contribution is -2.41. The fourth-order valence-electron chi connectivity index (χ4n) is 3.48. The van der Waals surface area contributed by atoms with Crippen LogP contribution in [0.2, 0.25) is 5.02 Å². The molecule has 0 radical (unpaired) electrons. The lowest BCUT2D eigenvalue weighted by atomic mass is 10.1. The van der Waals surface area contributed by atoms with Crippen molar-refractivity contribution in [2.24, 2.45) is 0 Å². The van der Waals surface area contributed by atoms with E-state index < -0.39 is 15.9 Å². The summed E-state index contributed by atoms with van der Waals surface area (Å²) in [5, 5.41) is 5.43. The Morgan fingerprint density at radius 1 is 1.10 bits per heavy atom. The Balaban J connectivity index is 1.84. The van der Waals surface area contributed by atoms with Crippen molar-refractivity contribution in [1.82, 2.24) is 9.62 Å². The maximum Gasteiger partial charge on any atom is 0.255 e. The maximum absolute atomic E-state index is 13.1. The number of amides is 2. The molecule has 3 rings (SSSR count). The number of hydrogen-bond acceptors (Lipinski definition) is 4. The molecule has 7 nitrogen and oxygen atoms in total. The van der Waals surface area contributed by atoms with Gasteiger partial charge in [-0.2, -0.15) is 4.31 Å². The van der Waals surface area contributed by atoms with Crippen LogP contribution >= 0.6 is 11.6 Å². The second kappa shape index (κ2) is 9.16. The van der Waals surface area contributed by atoms with E-state index in [9.17, 15) is 18.0 Å². The molecule has 0 saturated carbocycles. The first-order valence-electron chi connectivity index (χ1n) is 9.69. The van der Waals surface area contributed by atoms with E-state index in [2.05, 4.69) is 10.6 Å². The van der Waals surface area contributed by atoms with Gasteiger partial charge in [0.25, 0.3) is 11.8 Å². The first-order valence-corrected chi connectivity index (χ1v) is 11.5. The van der Waals surface area contributed by atoms with E-state index in [4.69, 9.17) is 11.6 Å². The largest absolute Gasteiger partial charge is 0.355 e. The minimum atomic E-state index is -3.68. The van der Waals surface area contributed by atoms with Gasteiger partial charge in [0.05, 0.1) is 15.5 Å². The van der Waals surface area contributed by atoms with Crippen LogP contribution in [-0.2, 0) is 10.0 Å². The molecule has 1 unspecified atom stereocenters. The number of nitrogens with zero attached hydrogens (tertiary/aromatic N) is 1. The third-order valence-electron chi connectivity index (χ3n) is 5.14. The minimum absolute atomic E-state index is 0.0709. The highest BCUT2D eigenvalue weighted by molar-refractivity contribution is 7.89. The standard InChI is InChI=1S/C21H24ClN3O4S/c1-14-6-3-4-11-25(14)30(28,29)17-8-5-7-15(12-17)20(26)24-16-9-10-19(22)18(13-16)21(27)23-2/h5,7-10,12-14H,3-4,6,11H2,1-2H3,(H,23,27)(H,24,26). The summed E-state index contributed by atoms with van der Waals surface area (Å²) in [4.78, 5) is 24.7. The Kier molecular flexibility index (Phi) is 6.80. The van der Waals surface area contributed by atoms with Crippen LogP contribution in [0, 0.1) is 0 Å². The summed E-state index contributed by atoms with van der Waals surface area (Å²) in [6, 6.07) is 10.5. The number of carbonyl (C=O) groups excluding carboxylic acids is 2. The van der Waals surface area contributed by atoms with E-state index >= 15 is 0 Å². The molecule has 1 aliphatic heterocycles. The molecule has 2 N–H and O–H groups in total. The second-order valence-electron chi connectivity index (χ2n) is 7.22. The highest BCUT2D eigenvalue weighted by Gasteiger charge is 2.31. The highest BCUT2D eigenvalue weighted by Crippen LogP contribution is 2.26. The molecule has 1 heterocycles. The lowest BCUT2D eigenvalue weighted by Gasteiger charge is -2.32. The van der Waals surface area contributed by atoms with E-state index in [1.165, 1.54) is 35.6 Å². The van der Waals surface area contributed by atoms with Gasteiger partial charge in [0, 0.05) is 30.9 Å². The summed E-state index contributed by atoms with van der Waals surface area (Å²) < 4.78 is 27.6. The lowest BCUT2D eigenvalue weighted by molar-refractivity contribution is 0.0961. The highest BCUT2D eigenvalue weighted by atomic mass is 35.5. The number of carbonyl (C=O) groups is 2. The number of nitrogens with one attached hydrogen (secondary N) is 2. The zero-order valence-electron chi connectivity index (χ0n) is 16.8. The maximum atomic E-state index is 13.1. The van der Waals surface area contributed by atoms with E-state index in [-0.39, 0.29) is 33.0 Å². The minimum Gasteiger partial charge on any atom is -0.355 e. The van der Waals surface area contributed by atoms with Gasteiger partial charge >= 0.3 is 0 Å². The van der Waals surface area contributed by atoms with Gasteiger partial charge < -0.3 is 10.6 Å². The van der Waals surface area contributed by atoms with Crippen LogP contribution < -0.4 is 10.6 Å². The molecule has 2 aromatic rings. The summed E-state index contributed by atoms with van der Waals surface area (Å²) in [5.74, 6) is -0.858. The number of piperidine rings is 1. The predicted octanol–water partition coefficient (Wildman–Crippen LogP) is 3.52. The average molecular weight is 450 g/mol. The van der Waals surface area contributed by atoms with E-state index in [1.54, 1.807) is 18.2 Å². The molecule has 2 amide bonds. The van der Waals surface area contributed by atoms with Gasteiger partial charge in [0.2, 0.25) is 10.0 Å². The number of hydrogen-bond donors (Lipinski definition) is 2. The van der Waals surface area contributed by atoms with Gasteiger partial charge in [-0.25, -0.2) is 8.42 Å². The monoisotopic (exact) mass is 449 g/mol. The number of sulfonamides is 1. The smallest absolute Gasteiger partial charge is 0.255 e. The zero-order chi connectivity index (χ0) is 21.9. The Morgan fingerprint density at radius 2 is 1.87 bits per heavy atom. The Labute approximate surface area is 181 Å². The van der Waals surface area contributed by atoms with Gasteiger partial charge in [-0.1, -0.05) is 24.1 Å². The average Bonchev–Trinajstić information content (AvgIpc) is 2.74. The Morgan fingerprint density at radius 3 is 2.57 bits per heavy atom. The zero-order valence-corrected chi connectivity index (χ0v) is 18.4. The van der Waals surface area contributed by atoms with Crippen molar-refractivity contribution in [3.05, 3.63) is 58.6 Å². The van der Waals surface area contributed by atoms with Gasteiger partial charge in [-0.15, -0.1) is 0 Å². The summed E-state index contributed by atoms with van der Waals surface area (Å²) in [7, 11) is -2.20. The molecule has 9 heteroatoms. The predicted molar refractivity (Wildman–Crippen MR) is 116 cm³/mol. The van der Waals surface area contributed by atoms with Crippen LogP contribution in [0.3, 0.4) is 0 Å². The van der Waals surface area contributed by atoms with E-state index in [1.807, 2.05) is 6.92 Å². The van der Waals surface area contributed by atoms with Gasteiger partial charge in [-0.05, 0) is 56.2 Å². The second-order valence-corrected chi connectivity index (χ2v) is 9.51. The van der Waals surface area contributed by atoms with E-state index in [0.29, 0.717) is 12.2 Å². The van der Waals surface area contributed by atoms with Crippen molar-refractivity contribution in [3.8, 4) is 0 Å². The Bertz CT molecular complexity index is 1070. The fourth-order valence-corrected chi connectivity index (χ4v) is 5.43. The Hall–Kier alpha value is -2.42. The number of halogens is 1. The van der Waals surface area contributed by atoms with Crippen molar-refractivity contribution >= 4 is 39.1 Å². The third kappa shape index (κ3) is 4.66. The summed E-state index contributed by atoms with van der Waals surface area (Å²) >= 11 is 6.04. The quantitative estimate of drug-likeness (QED) is 0.730. The van der Waals surface area contributed by atoms with Crippen LogP contribution in [0.25, 0.3) is 0 Å². The van der Waals surface area contributed by atoms with Crippen molar-refractivity contribution in [1.29, 1.82) is 0 Å². The molecule has 0 bridgehead atoms. The molecular weight excluding hydrogens is 426 g/mol.